The molecule has 0 heteroatoms. The fraction of sp³-hybridized carbons (Fsp3) is 0.857. The summed E-state index contributed by atoms with van der Waals surface area (Å²) in [6.07, 6.45) is 31.2. The summed E-state index contributed by atoms with van der Waals surface area (Å²) in [5, 5.41) is 0. The van der Waals surface area contributed by atoms with Crippen LogP contribution in [0.3, 0.4) is 0 Å². The molecule has 2 unspecified atom stereocenters. The van der Waals surface area contributed by atoms with E-state index < -0.39 is 0 Å². The Hall–Kier alpha value is -0.520. The summed E-state index contributed by atoms with van der Waals surface area (Å²) >= 11 is 0. The van der Waals surface area contributed by atoms with Crippen LogP contribution < -0.4 is 0 Å². The van der Waals surface area contributed by atoms with E-state index in [1.807, 2.05) is 0 Å². The van der Waals surface area contributed by atoms with Crippen molar-refractivity contribution in [3.63, 3.8) is 0 Å². The first-order chi connectivity index (χ1) is 13.7. The second kappa shape index (κ2) is 9.99. The summed E-state index contributed by atoms with van der Waals surface area (Å²) in [4.78, 5) is 0. The molecular weight excluding hydrogens is 336 g/mol. The van der Waals surface area contributed by atoms with E-state index in [4.69, 9.17) is 0 Å². The standard InChI is InChI=1S/C28H46/c1-21-3-7-23(8-4-21)9-10-24-11-15-26(16-12-24)28-19-17-27(18-20-28)25-13-5-22(2)6-14-25/h9-10,17,19,21-28H,3-8,11-16,18,20H2,1-2H3/b10-9+. The van der Waals surface area contributed by atoms with E-state index in [9.17, 15) is 0 Å². The van der Waals surface area contributed by atoms with Gasteiger partial charge in [-0.3, -0.25) is 0 Å². The van der Waals surface area contributed by atoms with E-state index in [-0.39, 0.29) is 0 Å². The molecule has 0 saturated heterocycles. The molecule has 158 valence electrons. The Bertz CT molecular complexity index is 504. The van der Waals surface area contributed by atoms with Gasteiger partial charge in [-0.05, 0) is 112 Å². The van der Waals surface area contributed by atoms with Crippen molar-refractivity contribution >= 4 is 0 Å². The Labute approximate surface area is 175 Å². The van der Waals surface area contributed by atoms with Gasteiger partial charge in [-0.1, -0.05) is 63.8 Å². The van der Waals surface area contributed by atoms with Crippen LogP contribution in [0.5, 0.6) is 0 Å². The molecule has 0 radical (unpaired) electrons. The van der Waals surface area contributed by atoms with Crippen LogP contribution in [-0.4, -0.2) is 0 Å². The lowest BCUT2D eigenvalue weighted by Gasteiger charge is -2.37. The van der Waals surface area contributed by atoms with Gasteiger partial charge in [0.25, 0.3) is 0 Å². The van der Waals surface area contributed by atoms with Crippen molar-refractivity contribution in [1.29, 1.82) is 0 Å². The maximum Gasteiger partial charge on any atom is -0.0205 e. The Balaban J connectivity index is 1.19. The molecule has 4 aliphatic carbocycles. The predicted octanol–water partition coefficient (Wildman–Crippen LogP) is 8.58. The maximum absolute atomic E-state index is 2.68. The van der Waals surface area contributed by atoms with E-state index in [0.717, 1.165) is 47.3 Å². The highest BCUT2D eigenvalue weighted by molar-refractivity contribution is 5.04. The van der Waals surface area contributed by atoms with Crippen LogP contribution in [0.25, 0.3) is 0 Å². The third kappa shape index (κ3) is 5.54. The first-order valence-electron chi connectivity index (χ1n) is 13.0. The second-order valence-electron chi connectivity index (χ2n) is 11.4. The molecule has 0 amide bonds. The van der Waals surface area contributed by atoms with Crippen LogP contribution in [-0.2, 0) is 0 Å². The molecule has 4 rings (SSSR count). The number of rotatable bonds is 4. The molecule has 4 aliphatic rings. The quantitative estimate of drug-likeness (QED) is 0.427. The average Bonchev–Trinajstić information content (AvgIpc) is 2.74. The van der Waals surface area contributed by atoms with Gasteiger partial charge in [0.1, 0.15) is 0 Å². The summed E-state index contributed by atoms with van der Waals surface area (Å²) in [5.74, 6) is 7.58. The molecule has 0 nitrogen and oxygen atoms in total. The largest absolute Gasteiger partial charge is 0.0851 e. The molecule has 0 aliphatic heterocycles. The van der Waals surface area contributed by atoms with Gasteiger partial charge in [0.05, 0.1) is 0 Å². The normalized spacial score (nSPS) is 45.4. The van der Waals surface area contributed by atoms with Crippen LogP contribution >= 0.6 is 0 Å². The monoisotopic (exact) mass is 382 g/mol. The number of allylic oxidation sites excluding steroid dienone is 4. The molecule has 0 spiro atoms. The molecule has 0 aromatic rings. The second-order valence-corrected chi connectivity index (χ2v) is 11.4. The molecular formula is C28H46. The molecule has 0 N–H and O–H groups in total. The van der Waals surface area contributed by atoms with Gasteiger partial charge in [-0.25, -0.2) is 0 Å². The van der Waals surface area contributed by atoms with E-state index in [1.54, 1.807) is 0 Å². The lowest BCUT2D eigenvalue weighted by atomic mass is 9.68. The van der Waals surface area contributed by atoms with Crippen LogP contribution in [0, 0.1) is 47.3 Å². The van der Waals surface area contributed by atoms with Crippen LogP contribution in [0.15, 0.2) is 24.3 Å². The fourth-order valence-corrected chi connectivity index (χ4v) is 6.92. The van der Waals surface area contributed by atoms with Crippen LogP contribution in [0.2, 0.25) is 0 Å². The zero-order valence-electron chi connectivity index (χ0n) is 18.8. The van der Waals surface area contributed by atoms with Crippen molar-refractivity contribution in [2.24, 2.45) is 47.3 Å². The summed E-state index contributed by atoms with van der Waals surface area (Å²) in [7, 11) is 0. The van der Waals surface area contributed by atoms with Gasteiger partial charge in [0.2, 0.25) is 0 Å². The van der Waals surface area contributed by atoms with E-state index in [0.29, 0.717) is 0 Å². The molecule has 0 aromatic heterocycles. The van der Waals surface area contributed by atoms with Crippen molar-refractivity contribution in [2.45, 2.75) is 104 Å². The Morgan fingerprint density at radius 2 is 0.821 bits per heavy atom. The first-order valence-corrected chi connectivity index (χ1v) is 13.0. The smallest absolute Gasteiger partial charge is 0.0205 e. The predicted molar refractivity (Wildman–Crippen MR) is 122 cm³/mol. The lowest BCUT2D eigenvalue weighted by molar-refractivity contribution is 0.192. The van der Waals surface area contributed by atoms with Crippen molar-refractivity contribution in [1.82, 2.24) is 0 Å². The number of hydrogen-bond donors (Lipinski definition) is 0. The highest BCUT2D eigenvalue weighted by Gasteiger charge is 2.31. The van der Waals surface area contributed by atoms with Crippen molar-refractivity contribution in [3.8, 4) is 0 Å². The Morgan fingerprint density at radius 1 is 0.464 bits per heavy atom. The van der Waals surface area contributed by atoms with Crippen molar-refractivity contribution < 1.29 is 0 Å². The van der Waals surface area contributed by atoms with Gasteiger partial charge >= 0.3 is 0 Å². The van der Waals surface area contributed by atoms with Gasteiger partial charge in [0, 0.05) is 0 Å². The van der Waals surface area contributed by atoms with Crippen molar-refractivity contribution in [3.05, 3.63) is 24.3 Å². The number of hydrogen-bond acceptors (Lipinski definition) is 0. The zero-order valence-corrected chi connectivity index (χ0v) is 18.8. The minimum Gasteiger partial charge on any atom is -0.0851 e. The van der Waals surface area contributed by atoms with E-state index in [2.05, 4.69) is 38.2 Å². The summed E-state index contributed by atoms with van der Waals surface area (Å²) in [5.41, 5.74) is 0. The molecule has 0 bridgehead atoms. The third-order valence-electron chi connectivity index (χ3n) is 9.24. The van der Waals surface area contributed by atoms with Gasteiger partial charge in [-0.15, -0.1) is 0 Å². The molecule has 0 aromatic carbocycles. The average molecular weight is 383 g/mol. The summed E-state index contributed by atoms with van der Waals surface area (Å²) in [6, 6.07) is 0. The third-order valence-corrected chi connectivity index (χ3v) is 9.24. The molecule has 2 atom stereocenters. The van der Waals surface area contributed by atoms with E-state index >= 15 is 0 Å². The SMILES string of the molecule is CC1CCC(/C=C/C2CCC(C3C=CC(C4CCC(C)CC4)CC3)CC2)CC1. The summed E-state index contributed by atoms with van der Waals surface area (Å²) in [6.45, 7) is 4.88. The topological polar surface area (TPSA) is 0 Å². The minimum absolute atomic E-state index is 0.889. The highest BCUT2D eigenvalue weighted by atomic mass is 14.4. The zero-order chi connectivity index (χ0) is 19.3. The van der Waals surface area contributed by atoms with Gasteiger partial charge in [0.15, 0.2) is 0 Å². The van der Waals surface area contributed by atoms with Crippen molar-refractivity contribution in [2.75, 3.05) is 0 Å². The lowest BCUT2D eigenvalue weighted by Crippen LogP contribution is -2.26. The molecule has 3 fully saturated rings. The first kappa shape index (κ1) is 20.7. The highest BCUT2D eigenvalue weighted by Crippen LogP contribution is 2.43. The van der Waals surface area contributed by atoms with E-state index in [1.165, 1.54) is 89.9 Å². The Kier molecular flexibility index (Phi) is 7.40. The maximum atomic E-state index is 2.68. The van der Waals surface area contributed by atoms with Crippen LogP contribution in [0.4, 0.5) is 0 Å². The summed E-state index contributed by atoms with van der Waals surface area (Å²) < 4.78 is 0. The molecule has 0 heterocycles. The minimum atomic E-state index is 0.889. The van der Waals surface area contributed by atoms with Gasteiger partial charge in [-0.2, -0.15) is 0 Å². The Morgan fingerprint density at radius 3 is 1.25 bits per heavy atom. The van der Waals surface area contributed by atoms with Gasteiger partial charge < -0.3 is 0 Å². The fourth-order valence-electron chi connectivity index (χ4n) is 6.92. The molecule has 3 saturated carbocycles. The molecule has 28 heavy (non-hydrogen) atoms. The van der Waals surface area contributed by atoms with Crippen LogP contribution in [0.1, 0.15) is 104 Å².